The highest BCUT2D eigenvalue weighted by Gasteiger charge is 2.30. The van der Waals surface area contributed by atoms with Crippen LogP contribution in [-0.4, -0.2) is 43.4 Å². The quantitative estimate of drug-likeness (QED) is 0.869. The molecule has 0 unspecified atom stereocenters. The van der Waals surface area contributed by atoms with E-state index in [0.29, 0.717) is 12.6 Å². The summed E-state index contributed by atoms with van der Waals surface area (Å²) in [4.78, 5) is 24.5. The molecule has 2 aromatic rings. The lowest BCUT2D eigenvalue weighted by atomic mass is 10.2. The van der Waals surface area contributed by atoms with Crippen LogP contribution in [0.25, 0.3) is 0 Å². The Morgan fingerprint density at radius 2 is 2.00 bits per heavy atom. The van der Waals surface area contributed by atoms with E-state index in [0.717, 1.165) is 18.5 Å². The molecule has 3 rings (SSSR count). The molecule has 0 radical (unpaired) electrons. The molecule has 1 fully saturated rings. The molecule has 22 heavy (non-hydrogen) atoms. The summed E-state index contributed by atoms with van der Waals surface area (Å²) in [6, 6.07) is 3.82. The molecule has 0 aromatic carbocycles. The van der Waals surface area contributed by atoms with Crippen molar-refractivity contribution in [2.45, 2.75) is 38.6 Å². The van der Waals surface area contributed by atoms with Crippen LogP contribution in [0.3, 0.4) is 0 Å². The maximum absolute atomic E-state index is 13.1. The van der Waals surface area contributed by atoms with Crippen molar-refractivity contribution in [1.29, 1.82) is 0 Å². The Morgan fingerprint density at radius 1 is 1.27 bits per heavy atom. The molecule has 1 aliphatic carbocycles. The van der Waals surface area contributed by atoms with E-state index < -0.39 is 0 Å². The maximum Gasteiger partial charge on any atom is 0.345 e. The third kappa shape index (κ3) is 2.79. The molecule has 2 aromatic heterocycles. The number of anilines is 1. The summed E-state index contributed by atoms with van der Waals surface area (Å²) in [6.45, 7) is 2.70. The normalized spacial score (nSPS) is 15.0. The zero-order valence-corrected chi connectivity index (χ0v) is 12.7. The molecule has 7 nitrogen and oxygen atoms in total. The van der Waals surface area contributed by atoms with E-state index in [9.17, 15) is 4.79 Å². The fraction of sp³-hybridized carbons (Fsp3) is 0.467. The second kappa shape index (κ2) is 6.55. The molecule has 2 amide bonds. The summed E-state index contributed by atoms with van der Waals surface area (Å²) in [5, 5.41) is 5.66. The Kier molecular flexibility index (Phi) is 4.32. The van der Waals surface area contributed by atoms with Gasteiger partial charge >= 0.3 is 6.03 Å². The van der Waals surface area contributed by atoms with Gasteiger partial charge in [-0.15, -0.1) is 5.10 Å². The van der Waals surface area contributed by atoms with Gasteiger partial charge in [0.2, 0.25) is 0 Å². The second-order valence-electron chi connectivity index (χ2n) is 5.34. The highest BCUT2D eigenvalue weighted by Crippen LogP contribution is 2.25. The zero-order chi connectivity index (χ0) is 15.4. The van der Waals surface area contributed by atoms with Gasteiger partial charge in [0.1, 0.15) is 12.7 Å². The number of urea groups is 1. The number of amides is 2. The van der Waals surface area contributed by atoms with Gasteiger partial charge in [-0.05, 0) is 31.9 Å². The number of hydrogen-bond donors (Lipinski definition) is 0. The van der Waals surface area contributed by atoms with Crippen molar-refractivity contribution in [3.8, 4) is 0 Å². The van der Waals surface area contributed by atoms with Crippen LogP contribution in [0.5, 0.6) is 0 Å². The number of carbonyl (C=O) groups is 1. The Labute approximate surface area is 129 Å². The van der Waals surface area contributed by atoms with E-state index >= 15 is 0 Å². The molecule has 0 spiro atoms. The van der Waals surface area contributed by atoms with Gasteiger partial charge in [0.15, 0.2) is 0 Å². The number of aromatic nitrogens is 4. The highest BCUT2D eigenvalue weighted by molar-refractivity contribution is 5.91. The fourth-order valence-corrected chi connectivity index (χ4v) is 2.99. The first-order valence-electron chi connectivity index (χ1n) is 7.67. The topological polar surface area (TPSA) is 67.2 Å². The average molecular weight is 300 g/mol. The molecule has 1 aliphatic rings. The monoisotopic (exact) mass is 300 g/mol. The standard InChI is InChI=1S/C15H20N6O/c1-2-19(13-5-3-4-6-13)15(22)21(20-12-17-11-18-20)14-7-9-16-10-8-14/h7-13H,2-6H2,1H3. The van der Waals surface area contributed by atoms with Gasteiger partial charge < -0.3 is 4.90 Å². The first-order valence-corrected chi connectivity index (χ1v) is 7.67. The van der Waals surface area contributed by atoms with E-state index in [1.54, 1.807) is 24.5 Å². The minimum Gasteiger partial charge on any atom is -0.320 e. The SMILES string of the molecule is CCN(C(=O)N(c1ccncc1)n1cncn1)C1CCCC1. The Morgan fingerprint density at radius 3 is 2.59 bits per heavy atom. The van der Waals surface area contributed by atoms with Crippen LogP contribution in [0.1, 0.15) is 32.6 Å². The summed E-state index contributed by atoms with van der Waals surface area (Å²) in [5.74, 6) is 0. The van der Waals surface area contributed by atoms with Crippen molar-refractivity contribution < 1.29 is 4.79 Å². The van der Waals surface area contributed by atoms with Crippen LogP contribution >= 0.6 is 0 Å². The van der Waals surface area contributed by atoms with E-state index in [1.807, 2.05) is 11.8 Å². The summed E-state index contributed by atoms with van der Waals surface area (Å²) in [5.41, 5.74) is 0.724. The summed E-state index contributed by atoms with van der Waals surface area (Å²) in [6.07, 6.45) is 10.8. The van der Waals surface area contributed by atoms with Gasteiger partial charge in [-0.1, -0.05) is 12.8 Å². The molecular formula is C15H20N6O. The van der Waals surface area contributed by atoms with E-state index in [-0.39, 0.29) is 6.03 Å². The molecule has 2 heterocycles. The van der Waals surface area contributed by atoms with Crippen LogP contribution in [-0.2, 0) is 0 Å². The summed E-state index contributed by atoms with van der Waals surface area (Å²) < 4.78 is 0. The third-order valence-corrected chi connectivity index (χ3v) is 4.05. The third-order valence-electron chi connectivity index (χ3n) is 4.05. The predicted molar refractivity (Wildman–Crippen MR) is 82.2 cm³/mol. The number of carbonyl (C=O) groups excluding carboxylic acids is 1. The minimum atomic E-state index is -0.0777. The van der Waals surface area contributed by atoms with Crippen molar-refractivity contribution in [3.05, 3.63) is 37.2 Å². The van der Waals surface area contributed by atoms with Crippen molar-refractivity contribution in [2.75, 3.05) is 11.6 Å². The summed E-state index contributed by atoms with van der Waals surface area (Å²) in [7, 11) is 0. The smallest absolute Gasteiger partial charge is 0.320 e. The Hall–Kier alpha value is -2.44. The van der Waals surface area contributed by atoms with Crippen LogP contribution < -0.4 is 5.01 Å². The van der Waals surface area contributed by atoms with E-state index in [1.165, 1.54) is 35.3 Å². The lowest BCUT2D eigenvalue weighted by Gasteiger charge is -2.33. The maximum atomic E-state index is 13.1. The number of rotatable bonds is 4. The first kappa shape index (κ1) is 14.5. The first-order chi connectivity index (χ1) is 10.8. The molecule has 0 N–H and O–H groups in total. The molecule has 7 heteroatoms. The second-order valence-corrected chi connectivity index (χ2v) is 5.34. The van der Waals surface area contributed by atoms with Crippen LogP contribution in [0, 0.1) is 0 Å². The lowest BCUT2D eigenvalue weighted by molar-refractivity contribution is 0.182. The van der Waals surface area contributed by atoms with Crippen molar-refractivity contribution in [2.24, 2.45) is 0 Å². The van der Waals surface area contributed by atoms with Gasteiger partial charge in [0, 0.05) is 25.0 Å². The van der Waals surface area contributed by atoms with Crippen LogP contribution in [0.4, 0.5) is 10.5 Å². The lowest BCUT2D eigenvalue weighted by Crippen LogP contribution is -2.49. The largest absolute Gasteiger partial charge is 0.345 e. The van der Waals surface area contributed by atoms with Crippen molar-refractivity contribution in [1.82, 2.24) is 24.8 Å². The van der Waals surface area contributed by atoms with Gasteiger partial charge in [-0.2, -0.15) is 9.80 Å². The van der Waals surface area contributed by atoms with Gasteiger partial charge in [-0.25, -0.2) is 9.78 Å². The molecule has 0 saturated heterocycles. The van der Waals surface area contributed by atoms with Crippen molar-refractivity contribution in [3.63, 3.8) is 0 Å². The minimum absolute atomic E-state index is 0.0777. The van der Waals surface area contributed by atoms with Gasteiger partial charge in [0.05, 0.1) is 5.69 Å². The fourth-order valence-electron chi connectivity index (χ4n) is 2.99. The number of hydrogen-bond acceptors (Lipinski definition) is 4. The molecule has 0 atom stereocenters. The van der Waals surface area contributed by atoms with E-state index in [4.69, 9.17) is 0 Å². The van der Waals surface area contributed by atoms with Gasteiger partial charge in [-0.3, -0.25) is 4.98 Å². The van der Waals surface area contributed by atoms with E-state index in [2.05, 4.69) is 15.1 Å². The number of nitrogens with zero attached hydrogens (tertiary/aromatic N) is 6. The zero-order valence-electron chi connectivity index (χ0n) is 12.7. The average Bonchev–Trinajstić information content (AvgIpc) is 3.23. The van der Waals surface area contributed by atoms with Crippen LogP contribution in [0.15, 0.2) is 37.2 Å². The predicted octanol–water partition coefficient (Wildman–Crippen LogP) is 2.33. The molecule has 1 saturated carbocycles. The molecule has 116 valence electrons. The summed E-state index contributed by atoms with van der Waals surface area (Å²) >= 11 is 0. The highest BCUT2D eigenvalue weighted by atomic mass is 16.2. The van der Waals surface area contributed by atoms with Crippen molar-refractivity contribution >= 4 is 11.7 Å². The molecular weight excluding hydrogens is 280 g/mol. The molecule has 0 aliphatic heterocycles. The number of pyridine rings is 1. The van der Waals surface area contributed by atoms with Crippen LogP contribution in [0.2, 0.25) is 0 Å². The molecule has 0 bridgehead atoms. The Bertz CT molecular complexity index is 594. The Balaban J connectivity index is 1.93. The van der Waals surface area contributed by atoms with Gasteiger partial charge in [0.25, 0.3) is 0 Å².